The fourth-order valence-electron chi connectivity index (χ4n) is 1.78. The van der Waals surface area contributed by atoms with Crippen LogP contribution < -0.4 is 5.32 Å². The van der Waals surface area contributed by atoms with Crippen molar-refractivity contribution >= 4 is 17.2 Å². The molecule has 1 amide bonds. The Kier molecular flexibility index (Phi) is 5.50. The number of hydrogen-bond acceptors (Lipinski definition) is 4. The first-order chi connectivity index (χ1) is 10.2. The summed E-state index contributed by atoms with van der Waals surface area (Å²) in [5, 5.41) is 13.4. The first kappa shape index (κ1) is 15.2. The van der Waals surface area contributed by atoms with Gasteiger partial charge in [0.05, 0.1) is 18.7 Å². The molecular weight excluding hydrogens is 284 g/mol. The van der Waals surface area contributed by atoms with Crippen molar-refractivity contribution in [3.63, 3.8) is 0 Å². The first-order valence-corrected chi connectivity index (χ1v) is 7.41. The van der Waals surface area contributed by atoms with Gasteiger partial charge in [0.2, 0.25) is 5.91 Å². The fraction of sp³-hybridized carbons (Fsp3) is 0.250. The number of pyridine rings is 1. The second kappa shape index (κ2) is 7.58. The molecule has 0 aliphatic heterocycles. The van der Waals surface area contributed by atoms with Crippen molar-refractivity contribution in [3.8, 4) is 11.8 Å². The van der Waals surface area contributed by atoms with Crippen LogP contribution in [0.5, 0.6) is 0 Å². The molecule has 2 aromatic rings. The number of carbonyl (C=O) groups excluding carboxylic acids is 1. The molecule has 0 radical (unpaired) electrons. The van der Waals surface area contributed by atoms with E-state index < -0.39 is 0 Å². The maximum Gasteiger partial charge on any atom is 0.226 e. The first-order valence-electron chi connectivity index (χ1n) is 6.53. The molecule has 0 aromatic carbocycles. The molecule has 0 unspecified atom stereocenters. The van der Waals surface area contributed by atoms with Gasteiger partial charge in [0.15, 0.2) is 0 Å². The molecule has 0 atom stereocenters. The summed E-state index contributed by atoms with van der Waals surface area (Å²) in [4.78, 5) is 17.2. The van der Waals surface area contributed by atoms with Crippen LogP contribution in [0.25, 0.3) is 0 Å². The van der Waals surface area contributed by atoms with Crippen LogP contribution in [0.4, 0.5) is 0 Å². The topological polar surface area (TPSA) is 62.2 Å². The summed E-state index contributed by atoms with van der Waals surface area (Å²) < 4.78 is 0. The van der Waals surface area contributed by atoms with Crippen LogP contribution in [-0.2, 0) is 17.8 Å². The van der Waals surface area contributed by atoms with Crippen molar-refractivity contribution in [1.82, 2.24) is 10.3 Å². The van der Waals surface area contributed by atoms with Gasteiger partial charge in [0.25, 0.3) is 0 Å². The van der Waals surface area contributed by atoms with Gasteiger partial charge in [0, 0.05) is 22.0 Å². The SMILES string of the molecule is Cc1cccnc1CC(=O)NCc1cc(C#CCO)cs1. The lowest BCUT2D eigenvalue weighted by atomic mass is 10.1. The summed E-state index contributed by atoms with van der Waals surface area (Å²) in [6.45, 7) is 2.28. The lowest BCUT2D eigenvalue weighted by Crippen LogP contribution is -2.24. The van der Waals surface area contributed by atoms with E-state index in [-0.39, 0.29) is 18.9 Å². The van der Waals surface area contributed by atoms with E-state index in [2.05, 4.69) is 22.1 Å². The molecule has 21 heavy (non-hydrogen) atoms. The highest BCUT2D eigenvalue weighted by molar-refractivity contribution is 7.10. The third kappa shape index (κ3) is 4.71. The zero-order chi connectivity index (χ0) is 15.1. The van der Waals surface area contributed by atoms with Gasteiger partial charge in [-0.15, -0.1) is 11.3 Å². The van der Waals surface area contributed by atoms with Gasteiger partial charge in [-0.2, -0.15) is 0 Å². The van der Waals surface area contributed by atoms with Crippen molar-refractivity contribution in [2.45, 2.75) is 19.9 Å². The predicted octanol–water partition coefficient (Wildman–Crippen LogP) is 1.65. The highest BCUT2D eigenvalue weighted by Crippen LogP contribution is 2.13. The molecule has 0 saturated carbocycles. The van der Waals surface area contributed by atoms with Crippen LogP contribution >= 0.6 is 11.3 Å². The Morgan fingerprint density at radius 2 is 2.38 bits per heavy atom. The average molecular weight is 300 g/mol. The van der Waals surface area contributed by atoms with Crippen LogP contribution in [0.3, 0.4) is 0 Å². The standard InChI is InChI=1S/C16H16N2O2S/c1-12-4-2-6-17-15(12)9-16(20)18-10-14-8-13(11-21-14)5-3-7-19/h2,4,6,8,11,19H,7,9-10H2,1H3,(H,18,20). The number of aliphatic hydroxyl groups excluding tert-OH is 1. The average Bonchev–Trinajstić information content (AvgIpc) is 2.93. The van der Waals surface area contributed by atoms with Crippen LogP contribution in [0.1, 0.15) is 21.7 Å². The maximum absolute atomic E-state index is 11.9. The number of thiophene rings is 1. The largest absolute Gasteiger partial charge is 0.384 e. The number of hydrogen-bond donors (Lipinski definition) is 2. The monoisotopic (exact) mass is 300 g/mol. The zero-order valence-electron chi connectivity index (χ0n) is 11.7. The van der Waals surface area contributed by atoms with E-state index in [1.807, 2.05) is 30.5 Å². The third-order valence-corrected chi connectivity index (χ3v) is 3.81. The molecule has 2 rings (SSSR count). The molecule has 2 N–H and O–H groups in total. The Bertz CT molecular complexity index is 683. The Morgan fingerprint density at radius 3 is 3.14 bits per heavy atom. The fourth-order valence-corrected chi connectivity index (χ4v) is 2.54. The molecule has 4 nitrogen and oxygen atoms in total. The van der Waals surface area contributed by atoms with Crippen molar-refractivity contribution < 1.29 is 9.90 Å². The van der Waals surface area contributed by atoms with Crippen molar-refractivity contribution in [2.75, 3.05) is 6.61 Å². The van der Waals surface area contributed by atoms with Crippen LogP contribution in [0, 0.1) is 18.8 Å². The summed E-state index contributed by atoms with van der Waals surface area (Å²) >= 11 is 1.54. The number of aliphatic hydroxyl groups is 1. The maximum atomic E-state index is 11.9. The normalized spacial score (nSPS) is 9.81. The molecule has 5 heteroatoms. The molecule has 0 spiro atoms. The van der Waals surface area contributed by atoms with E-state index in [9.17, 15) is 4.79 Å². The van der Waals surface area contributed by atoms with Crippen molar-refractivity contribution in [2.24, 2.45) is 0 Å². The van der Waals surface area contributed by atoms with E-state index in [1.54, 1.807) is 6.20 Å². The number of aryl methyl sites for hydroxylation is 1. The van der Waals surface area contributed by atoms with Gasteiger partial charge < -0.3 is 10.4 Å². The Balaban J connectivity index is 1.87. The summed E-state index contributed by atoms with van der Waals surface area (Å²) in [6.07, 6.45) is 1.98. The van der Waals surface area contributed by atoms with Gasteiger partial charge in [-0.1, -0.05) is 17.9 Å². The minimum absolute atomic E-state index is 0.0480. The van der Waals surface area contributed by atoms with Crippen LogP contribution in [0.15, 0.2) is 29.8 Å². The number of amides is 1. The lowest BCUT2D eigenvalue weighted by molar-refractivity contribution is -0.120. The van der Waals surface area contributed by atoms with Crippen molar-refractivity contribution in [3.05, 3.63) is 51.5 Å². The minimum Gasteiger partial charge on any atom is -0.384 e. The number of nitrogens with zero attached hydrogens (tertiary/aromatic N) is 1. The molecule has 0 aliphatic carbocycles. The molecule has 0 aliphatic rings. The number of aromatic nitrogens is 1. The summed E-state index contributed by atoms with van der Waals surface area (Å²) in [5.41, 5.74) is 2.68. The van der Waals surface area contributed by atoms with E-state index in [4.69, 9.17) is 5.11 Å². The zero-order valence-corrected chi connectivity index (χ0v) is 12.5. The predicted molar refractivity (Wildman–Crippen MR) is 82.8 cm³/mol. The molecule has 2 heterocycles. The van der Waals surface area contributed by atoms with Gasteiger partial charge in [0.1, 0.15) is 6.61 Å². The smallest absolute Gasteiger partial charge is 0.226 e. The van der Waals surface area contributed by atoms with Gasteiger partial charge >= 0.3 is 0 Å². The Hall–Kier alpha value is -2.16. The van der Waals surface area contributed by atoms with E-state index >= 15 is 0 Å². The molecule has 0 bridgehead atoms. The van der Waals surface area contributed by atoms with Gasteiger partial charge in [-0.25, -0.2) is 0 Å². The van der Waals surface area contributed by atoms with E-state index in [0.29, 0.717) is 6.54 Å². The highest BCUT2D eigenvalue weighted by atomic mass is 32.1. The molecule has 0 saturated heterocycles. The Morgan fingerprint density at radius 1 is 1.52 bits per heavy atom. The number of rotatable bonds is 4. The molecule has 2 aromatic heterocycles. The van der Waals surface area contributed by atoms with Crippen molar-refractivity contribution in [1.29, 1.82) is 0 Å². The van der Waals surface area contributed by atoms with Gasteiger partial charge in [-0.3, -0.25) is 9.78 Å². The summed E-state index contributed by atoms with van der Waals surface area (Å²) in [5.74, 6) is 5.39. The van der Waals surface area contributed by atoms with Crippen LogP contribution in [-0.4, -0.2) is 22.6 Å². The second-order valence-corrected chi connectivity index (χ2v) is 5.48. The van der Waals surface area contributed by atoms with Gasteiger partial charge in [-0.05, 0) is 24.6 Å². The Labute approximate surface area is 127 Å². The third-order valence-electron chi connectivity index (χ3n) is 2.87. The quantitative estimate of drug-likeness (QED) is 0.844. The number of carbonyl (C=O) groups is 1. The highest BCUT2D eigenvalue weighted by Gasteiger charge is 2.07. The minimum atomic E-state index is -0.147. The summed E-state index contributed by atoms with van der Waals surface area (Å²) in [6, 6.07) is 5.72. The van der Waals surface area contributed by atoms with Crippen LogP contribution in [0.2, 0.25) is 0 Å². The molecule has 108 valence electrons. The van der Waals surface area contributed by atoms with E-state index in [1.165, 1.54) is 11.3 Å². The molecular formula is C16H16N2O2S. The number of nitrogens with one attached hydrogen (secondary N) is 1. The summed E-state index contributed by atoms with van der Waals surface area (Å²) in [7, 11) is 0. The molecule has 0 fully saturated rings. The lowest BCUT2D eigenvalue weighted by Gasteiger charge is -2.05. The second-order valence-electron chi connectivity index (χ2n) is 4.48. The van der Waals surface area contributed by atoms with E-state index in [0.717, 1.165) is 21.7 Å².